The first-order valence-electron chi connectivity index (χ1n) is 11.3. The number of halogens is 1. The van der Waals surface area contributed by atoms with Crippen molar-refractivity contribution in [3.05, 3.63) is 35.9 Å². The SMILES string of the molecule is COC(=O)[C@H]1O[C@@H](Oc2cc3c(c4ccccc24)[C@H](CCl)CN3)[C@H](OC(C)=O)[C@@H](OC(C)=O)[C@@H]1C. The quantitative estimate of drug-likeness (QED) is 0.359. The number of ether oxygens (including phenoxy) is 5. The molecule has 1 N–H and O–H groups in total. The molecule has 9 nitrogen and oxygen atoms in total. The van der Waals surface area contributed by atoms with Crippen molar-refractivity contribution in [2.75, 3.05) is 24.9 Å². The predicted molar refractivity (Wildman–Crippen MR) is 127 cm³/mol. The average Bonchev–Trinajstić information content (AvgIpc) is 3.25. The lowest BCUT2D eigenvalue weighted by atomic mass is 9.90. The lowest BCUT2D eigenvalue weighted by Gasteiger charge is -2.42. The van der Waals surface area contributed by atoms with Crippen LogP contribution in [0, 0.1) is 5.92 Å². The number of carbonyl (C=O) groups is 3. The van der Waals surface area contributed by atoms with Crippen molar-refractivity contribution in [2.24, 2.45) is 5.92 Å². The Hall–Kier alpha value is -3.04. The molecule has 0 unspecified atom stereocenters. The van der Waals surface area contributed by atoms with Crippen LogP contribution in [0.4, 0.5) is 5.69 Å². The molecule has 35 heavy (non-hydrogen) atoms. The van der Waals surface area contributed by atoms with Gasteiger partial charge in [-0.15, -0.1) is 11.6 Å². The Morgan fingerprint density at radius 3 is 2.37 bits per heavy atom. The molecule has 2 aliphatic rings. The van der Waals surface area contributed by atoms with Crippen molar-refractivity contribution in [1.29, 1.82) is 0 Å². The van der Waals surface area contributed by atoms with E-state index in [9.17, 15) is 14.4 Å². The molecular formula is C25H28ClNO8. The Kier molecular flexibility index (Phi) is 7.37. The van der Waals surface area contributed by atoms with Gasteiger partial charge >= 0.3 is 17.9 Å². The lowest BCUT2D eigenvalue weighted by Crippen LogP contribution is -2.60. The highest BCUT2D eigenvalue weighted by Gasteiger charge is 2.52. The fraction of sp³-hybridized carbons (Fsp3) is 0.480. The van der Waals surface area contributed by atoms with E-state index in [1.165, 1.54) is 21.0 Å². The Bertz CT molecular complexity index is 1140. The topological polar surface area (TPSA) is 109 Å². The lowest BCUT2D eigenvalue weighted by molar-refractivity contribution is -0.266. The molecule has 2 aromatic carbocycles. The normalized spacial score (nSPS) is 27.5. The molecule has 0 spiro atoms. The fourth-order valence-electron chi connectivity index (χ4n) is 4.77. The van der Waals surface area contributed by atoms with E-state index in [2.05, 4.69) is 5.32 Å². The van der Waals surface area contributed by atoms with E-state index in [4.69, 9.17) is 35.3 Å². The highest BCUT2D eigenvalue weighted by atomic mass is 35.5. The predicted octanol–water partition coefficient (Wildman–Crippen LogP) is 3.36. The van der Waals surface area contributed by atoms with Crippen LogP contribution in [0.2, 0.25) is 0 Å². The summed E-state index contributed by atoms with van der Waals surface area (Å²) >= 11 is 6.20. The number of nitrogens with one attached hydrogen (secondary N) is 1. The molecule has 6 atom stereocenters. The first-order chi connectivity index (χ1) is 16.7. The van der Waals surface area contributed by atoms with Gasteiger partial charge in [0.05, 0.1) is 7.11 Å². The van der Waals surface area contributed by atoms with E-state index in [1.807, 2.05) is 30.3 Å². The summed E-state index contributed by atoms with van der Waals surface area (Å²) in [4.78, 5) is 36.3. The van der Waals surface area contributed by atoms with Gasteiger partial charge in [-0.3, -0.25) is 9.59 Å². The second-order valence-corrected chi connectivity index (χ2v) is 9.00. The summed E-state index contributed by atoms with van der Waals surface area (Å²) in [6.45, 7) is 4.82. The number of esters is 3. The van der Waals surface area contributed by atoms with Gasteiger partial charge in [-0.05, 0) is 10.9 Å². The minimum atomic E-state index is -1.25. The van der Waals surface area contributed by atoms with E-state index in [1.54, 1.807) is 6.92 Å². The summed E-state index contributed by atoms with van der Waals surface area (Å²) in [7, 11) is 1.24. The summed E-state index contributed by atoms with van der Waals surface area (Å²) in [5.74, 6) is -1.48. The van der Waals surface area contributed by atoms with Crippen LogP contribution in [0.1, 0.15) is 32.3 Å². The van der Waals surface area contributed by atoms with Gasteiger partial charge in [-0.1, -0.05) is 31.2 Å². The number of fused-ring (bicyclic) bond motifs is 3. The standard InChI is InChI=1S/C25H28ClNO8/c1-12-21(32-13(2)28)23(33-14(3)29)25(35-22(12)24(30)31-4)34-19-9-18-20(15(10-26)11-27-18)17-8-6-5-7-16(17)19/h5-9,12,15,21-23,25,27H,10-11H2,1-4H3/t12-,15+,21-,22-,23+,25+/m0/s1. The zero-order valence-corrected chi connectivity index (χ0v) is 20.7. The van der Waals surface area contributed by atoms with Crippen LogP contribution in [-0.4, -0.2) is 62.0 Å². The van der Waals surface area contributed by atoms with Crippen LogP contribution in [0.3, 0.4) is 0 Å². The molecule has 2 aliphatic heterocycles. The molecule has 2 aromatic rings. The minimum absolute atomic E-state index is 0.142. The molecule has 1 fully saturated rings. The molecule has 0 aliphatic carbocycles. The van der Waals surface area contributed by atoms with Gasteiger partial charge in [0.15, 0.2) is 12.2 Å². The van der Waals surface area contributed by atoms with Gasteiger partial charge in [0.25, 0.3) is 0 Å². The number of anilines is 1. The third-order valence-corrected chi connectivity index (χ3v) is 6.70. The molecule has 0 aromatic heterocycles. The van der Waals surface area contributed by atoms with E-state index >= 15 is 0 Å². The molecule has 188 valence electrons. The van der Waals surface area contributed by atoms with Crippen LogP contribution in [0.25, 0.3) is 10.8 Å². The largest absolute Gasteiger partial charge is 0.467 e. The number of rotatable bonds is 6. The van der Waals surface area contributed by atoms with Crippen molar-refractivity contribution in [3.8, 4) is 5.75 Å². The molecule has 2 heterocycles. The summed E-state index contributed by atoms with van der Waals surface area (Å²) < 4.78 is 28.2. The molecule has 10 heteroatoms. The van der Waals surface area contributed by atoms with E-state index in [0.29, 0.717) is 18.2 Å². The second-order valence-electron chi connectivity index (χ2n) is 8.69. The molecule has 0 bridgehead atoms. The molecule has 4 rings (SSSR count). The highest BCUT2D eigenvalue weighted by Crippen LogP contribution is 2.43. The van der Waals surface area contributed by atoms with Crippen LogP contribution in [0.5, 0.6) is 5.75 Å². The number of carbonyl (C=O) groups excluding carboxylic acids is 3. The summed E-state index contributed by atoms with van der Waals surface area (Å²) in [5.41, 5.74) is 1.97. The zero-order valence-electron chi connectivity index (χ0n) is 19.9. The van der Waals surface area contributed by atoms with Gasteiger partial charge < -0.3 is 29.0 Å². The monoisotopic (exact) mass is 505 g/mol. The third-order valence-electron chi connectivity index (χ3n) is 6.33. The minimum Gasteiger partial charge on any atom is -0.467 e. The van der Waals surface area contributed by atoms with Crippen LogP contribution < -0.4 is 10.1 Å². The number of hydrogen-bond donors (Lipinski definition) is 1. The molecule has 0 radical (unpaired) electrons. The van der Waals surface area contributed by atoms with Gasteiger partial charge in [-0.2, -0.15) is 0 Å². The molecular weight excluding hydrogens is 478 g/mol. The van der Waals surface area contributed by atoms with Crippen molar-refractivity contribution >= 4 is 46.0 Å². The average molecular weight is 506 g/mol. The zero-order chi connectivity index (χ0) is 25.3. The van der Waals surface area contributed by atoms with E-state index in [-0.39, 0.29) is 5.92 Å². The molecule has 0 saturated carbocycles. The number of hydrogen-bond acceptors (Lipinski definition) is 9. The number of benzene rings is 2. The maximum Gasteiger partial charge on any atom is 0.335 e. The first kappa shape index (κ1) is 25.1. The summed E-state index contributed by atoms with van der Waals surface area (Å²) in [5, 5.41) is 5.12. The maximum atomic E-state index is 12.5. The Morgan fingerprint density at radius 1 is 1.09 bits per heavy atom. The van der Waals surface area contributed by atoms with Gasteiger partial charge in [0.1, 0.15) is 5.75 Å². The van der Waals surface area contributed by atoms with Crippen molar-refractivity contribution < 1.29 is 38.1 Å². The first-order valence-corrected chi connectivity index (χ1v) is 11.9. The van der Waals surface area contributed by atoms with Gasteiger partial charge in [-0.25, -0.2) is 4.79 Å². The second kappa shape index (κ2) is 10.3. The number of alkyl halides is 1. The molecule has 0 amide bonds. The third kappa shape index (κ3) is 4.88. The van der Waals surface area contributed by atoms with E-state index in [0.717, 1.165) is 22.0 Å². The summed E-state index contributed by atoms with van der Waals surface area (Å²) in [6.07, 6.45) is -4.49. The molecule has 1 saturated heterocycles. The van der Waals surface area contributed by atoms with Crippen LogP contribution >= 0.6 is 11.6 Å². The number of methoxy groups -OCH3 is 1. The Balaban J connectivity index is 1.78. The van der Waals surface area contributed by atoms with Crippen LogP contribution in [-0.2, 0) is 33.3 Å². The Labute approximate surface area is 207 Å². The summed E-state index contributed by atoms with van der Waals surface area (Å²) in [6, 6.07) is 9.54. The van der Waals surface area contributed by atoms with Crippen molar-refractivity contribution in [3.63, 3.8) is 0 Å². The fourth-order valence-corrected chi connectivity index (χ4v) is 5.04. The van der Waals surface area contributed by atoms with Crippen LogP contribution in [0.15, 0.2) is 30.3 Å². The van der Waals surface area contributed by atoms with Crippen molar-refractivity contribution in [1.82, 2.24) is 0 Å². The van der Waals surface area contributed by atoms with Gasteiger partial charge in [0.2, 0.25) is 12.4 Å². The van der Waals surface area contributed by atoms with E-state index < -0.39 is 48.4 Å². The maximum absolute atomic E-state index is 12.5. The smallest absolute Gasteiger partial charge is 0.335 e. The van der Waals surface area contributed by atoms with Crippen molar-refractivity contribution in [2.45, 2.75) is 51.3 Å². The van der Waals surface area contributed by atoms with Gasteiger partial charge in [0, 0.05) is 55.2 Å². The Morgan fingerprint density at radius 2 is 1.74 bits per heavy atom. The highest BCUT2D eigenvalue weighted by molar-refractivity contribution is 6.18.